The Hall–Kier alpha value is -0.900. The molecule has 1 aliphatic rings. The highest BCUT2D eigenvalue weighted by atomic mass is 16.3. The first-order valence-electron chi connectivity index (χ1n) is 9.14. The van der Waals surface area contributed by atoms with E-state index in [0.29, 0.717) is 12.5 Å². The molecule has 0 heterocycles. The van der Waals surface area contributed by atoms with Crippen molar-refractivity contribution >= 4 is 0 Å². The molecular weight excluding hydrogens is 286 g/mol. The Kier molecular flexibility index (Phi) is 7.07. The van der Waals surface area contributed by atoms with Gasteiger partial charge in [0.25, 0.3) is 0 Å². The highest BCUT2D eigenvalue weighted by Crippen LogP contribution is 2.35. The molecule has 2 rings (SSSR count). The zero-order chi connectivity index (χ0) is 16.7. The summed E-state index contributed by atoms with van der Waals surface area (Å²) in [6.07, 6.45) is 5.85. The van der Waals surface area contributed by atoms with E-state index in [1.165, 1.54) is 5.56 Å². The van der Waals surface area contributed by atoms with Gasteiger partial charge in [-0.2, -0.15) is 0 Å². The second-order valence-corrected chi connectivity index (χ2v) is 7.57. The maximum Gasteiger partial charge on any atom is 0.0796 e. The molecule has 0 radical (unpaired) electrons. The normalized spacial score (nSPS) is 27.6. The predicted octanol–water partition coefficient (Wildman–Crippen LogP) is 3.15. The van der Waals surface area contributed by atoms with Gasteiger partial charge in [-0.3, -0.25) is 0 Å². The molecule has 3 N–H and O–H groups in total. The Morgan fingerprint density at radius 1 is 1.17 bits per heavy atom. The van der Waals surface area contributed by atoms with Crippen molar-refractivity contribution in [1.29, 1.82) is 0 Å². The van der Waals surface area contributed by atoms with Gasteiger partial charge in [0.2, 0.25) is 0 Å². The van der Waals surface area contributed by atoms with Crippen molar-refractivity contribution in [3.05, 3.63) is 35.9 Å². The molecule has 1 fully saturated rings. The summed E-state index contributed by atoms with van der Waals surface area (Å²) < 4.78 is 0. The minimum Gasteiger partial charge on any atom is -0.393 e. The third kappa shape index (κ3) is 5.91. The number of aliphatic hydroxyl groups is 2. The van der Waals surface area contributed by atoms with Crippen molar-refractivity contribution in [3.8, 4) is 0 Å². The van der Waals surface area contributed by atoms with Crippen LogP contribution in [0.5, 0.6) is 0 Å². The molecule has 23 heavy (non-hydrogen) atoms. The smallest absolute Gasteiger partial charge is 0.0796 e. The molecule has 1 saturated carbocycles. The molecule has 0 unspecified atom stereocenters. The van der Waals surface area contributed by atoms with Gasteiger partial charge in [0.15, 0.2) is 0 Å². The van der Waals surface area contributed by atoms with Gasteiger partial charge < -0.3 is 15.5 Å². The number of unbranched alkanes of at least 4 members (excludes halogenated alkanes) is 1. The molecule has 1 aromatic rings. The molecule has 3 nitrogen and oxygen atoms in total. The van der Waals surface area contributed by atoms with Crippen LogP contribution in [-0.4, -0.2) is 35.0 Å². The summed E-state index contributed by atoms with van der Waals surface area (Å²) in [7, 11) is 0. The number of hydrogen-bond acceptors (Lipinski definition) is 3. The highest BCUT2D eigenvalue weighted by Gasteiger charge is 2.39. The van der Waals surface area contributed by atoms with E-state index < -0.39 is 5.60 Å². The molecule has 1 aromatic carbocycles. The third-order valence-corrected chi connectivity index (χ3v) is 5.27. The van der Waals surface area contributed by atoms with Crippen molar-refractivity contribution < 1.29 is 10.2 Å². The molecule has 0 spiro atoms. The second-order valence-electron chi connectivity index (χ2n) is 7.57. The molecule has 0 saturated heterocycles. The minimum absolute atomic E-state index is 0.00415. The average molecular weight is 319 g/mol. The molecule has 130 valence electrons. The van der Waals surface area contributed by atoms with E-state index in [2.05, 4.69) is 36.5 Å². The SMILES string of the molecule is C[C@@H]1CC[C@@H]([C@](C)(O)CNCCCCc2ccccc2)[C@H](O)C1. The number of benzene rings is 1. The summed E-state index contributed by atoms with van der Waals surface area (Å²) in [5, 5.41) is 24.3. The Labute approximate surface area is 141 Å². The van der Waals surface area contributed by atoms with Gasteiger partial charge in [0.1, 0.15) is 0 Å². The monoisotopic (exact) mass is 319 g/mol. The number of aliphatic hydroxyl groups excluding tert-OH is 1. The predicted molar refractivity (Wildman–Crippen MR) is 95.4 cm³/mol. The van der Waals surface area contributed by atoms with E-state index in [-0.39, 0.29) is 12.0 Å². The number of hydrogen-bond donors (Lipinski definition) is 3. The molecule has 0 amide bonds. The van der Waals surface area contributed by atoms with Gasteiger partial charge in [0, 0.05) is 12.5 Å². The van der Waals surface area contributed by atoms with E-state index in [4.69, 9.17) is 0 Å². The molecule has 1 aliphatic carbocycles. The molecule has 0 bridgehead atoms. The lowest BCUT2D eigenvalue weighted by Gasteiger charge is -2.41. The Morgan fingerprint density at radius 2 is 1.91 bits per heavy atom. The van der Waals surface area contributed by atoms with Gasteiger partial charge >= 0.3 is 0 Å². The summed E-state index contributed by atoms with van der Waals surface area (Å²) >= 11 is 0. The largest absolute Gasteiger partial charge is 0.393 e. The molecule has 4 atom stereocenters. The number of rotatable bonds is 8. The van der Waals surface area contributed by atoms with Crippen LogP contribution in [0.2, 0.25) is 0 Å². The van der Waals surface area contributed by atoms with Crippen molar-refractivity contribution in [2.24, 2.45) is 11.8 Å². The van der Waals surface area contributed by atoms with Crippen LogP contribution < -0.4 is 5.32 Å². The van der Waals surface area contributed by atoms with Crippen LogP contribution in [0.15, 0.2) is 30.3 Å². The molecular formula is C20H33NO2. The summed E-state index contributed by atoms with van der Waals surface area (Å²) in [6, 6.07) is 10.6. The lowest BCUT2D eigenvalue weighted by Crippen LogP contribution is -2.50. The standard InChI is InChI=1S/C20H33NO2/c1-16-11-12-18(19(22)14-16)20(2,23)15-21-13-7-6-10-17-8-4-3-5-9-17/h3-5,8-9,16,18-19,21-23H,6-7,10-15H2,1-2H3/t16-,18-,19-,20-/m1/s1. The third-order valence-electron chi connectivity index (χ3n) is 5.27. The van der Waals surface area contributed by atoms with Crippen LogP contribution >= 0.6 is 0 Å². The topological polar surface area (TPSA) is 52.5 Å². The van der Waals surface area contributed by atoms with Crippen LogP contribution in [0, 0.1) is 11.8 Å². The van der Waals surface area contributed by atoms with E-state index in [9.17, 15) is 10.2 Å². The summed E-state index contributed by atoms with van der Waals surface area (Å²) in [5.74, 6) is 0.568. The van der Waals surface area contributed by atoms with Crippen molar-refractivity contribution in [2.75, 3.05) is 13.1 Å². The summed E-state index contributed by atoms with van der Waals surface area (Å²) in [4.78, 5) is 0. The van der Waals surface area contributed by atoms with Crippen LogP contribution in [0.4, 0.5) is 0 Å². The van der Waals surface area contributed by atoms with Crippen molar-refractivity contribution in [2.45, 2.75) is 64.1 Å². The fraction of sp³-hybridized carbons (Fsp3) is 0.700. The van der Waals surface area contributed by atoms with Crippen LogP contribution in [-0.2, 0) is 6.42 Å². The summed E-state index contributed by atoms with van der Waals surface area (Å²) in [5.41, 5.74) is 0.567. The van der Waals surface area contributed by atoms with Crippen LogP contribution in [0.1, 0.15) is 51.5 Å². The van der Waals surface area contributed by atoms with E-state index >= 15 is 0 Å². The van der Waals surface area contributed by atoms with Crippen molar-refractivity contribution in [3.63, 3.8) is 0 Å². The number of nitrogens with one attached hydrogen (secondary N) is 1. The second kappa shape index (κ2) is 8.81. The molecule has 3 heteroatoms. The Balaban J connectivity index is 1.63. The quantitative estimate of drug-likeness (QED) is 0.645. The van der Waals surface area contributed by atoms with Crippen LogP contribution in [0.25, 0.3) is 0 Å². The zero-order valence-electron chi connectivity index (χ0n) is 14.7. The molecule has 0 aromatic heterocycles. The minimum atomic E-state index is -0.820. The first-order chi connectivity index (χ1) is 11.0. The van der Waals surface area contributed by atoms with Gasteiger partial charge in [-0.1, -0.05) is 43.7 Å². The summed E-state index contributed by atoms with van der Waals surface area (Å²) in [6.45, 7) is 5.53. The first kappa shape index (κ1) is 18.4. The maximum absolute atomic E-state index is 10.7. The zero-order valence-corrected chi connectivity index (χ0v) is 14.7. The lowest BCUT2D eigenvalue weighted by atomic mass is 9.72. The molecule has 0 aliphatic heterocycles. The van der Waals surface area contributed by atoms with Crippen molar-refractivity contribution in [1.82, 2.24) is 5.32 Å². The Morgan fingerprint density at radius 3 is 2.61 bits per heavy atom. The average Bonchev–Trinajstić information content (AvgIpc) is 2.51. The van der Waals surface area contributed by atoms with E-state index in [1.807, 2.05) is 13.0 Å². The van der Waals surface area contributed by atoms with Gasteiger partial charge in [0.05, 0.1) is 11.7 Å². The fourth-order valence-corrected chi connectivity index (χ4v) is 3.77. The van der Waals surface area contributed by atoms with Gasteiger partial charge in [-0.25, -0.2) is 0 Å². The van der Waals surface area contributed by atoms with E-state index in [0.717, 1.165) is 45.1 Å². The Bertz CT molecular complexity index is 446. The first-order valence-corrected chi connectivity index (χ1v) is 9.14. The van der Waals surface area contributed by atoms with Crippen LogP contribution in [0.3, 0.4) is 0 Å². The van der Waals surface area contributed by atoms with Gasteiger partial charge in [-0.05, 0) is 57.1 Å². The fourth-order valence-electron chi connectivity index (χ4n) is 3.77. The lowest BCUT2D eigenvalue weighted by molar-refractivity contribution is -0.0823. The number of aryl methyl sites for hydroxylation is 1. The maximum atomic E-state index is 10.7. The highest BCUT2D eigenvalue weighted by molar-refractivity contribution is 5.14. The van der Waals surface area contributed by atoms with E-state index in [1.54, 1.807) is 0 Å². The van der Waals surface area contributed by atoms with Gasteiger partial charge in [-0.15, -0.1) is 0 Å².